The molecule has 2 heterocycles. The van der Waals surface area contributed by atoms with Crippen molar-refractivity contribution in [1.29, 1.82) is 0 Å². The van der Waals surface area contributed by atoms with Crippen molar-refractivity contribution in [2.24, 2.45) is 0 Å². The van der Waals surface area contributed by atoms with E-state index in [9.17, 15) is 4.79 Å². The van der Waals surface area contributed by atoms with Crippen molar-refractivity contribution < 1.29 is 23.4 Å². The molecule has 0 bridgehead atoms. The van der Waals surface area contributed by atoms with Gasteiger partial charge in [-0.25, -0.2) is 0 Å². The van der Waals surface area contributed by atoms with Crippen LogP contribution in [0.3, 0.4) is 0 Å². The molecule has 3 aromatic carbocycles. The Bertz CT molecular complexity index is 1460. The van der Waals surface area contributed by atoms with E-state index in [-0.39, 0.29) is 5.43 Å². The summed E-state index contributed by atoms with van der Waals surface area (Å²) in [5.41, 5.74) is 3.93. The standard InChI is InChI=1S/C29H29NO6/c1-18-27(20-6-8-21(32-2)9-7-20)28(31)22-10-12-24-23(29(22)36-18)16-30(17-35-24)14-13-19-5-11-25(33-3)26(15-19)34-4/h5-12,15H,13-14,16-17H2,1-4H3. The first-order valence-corrected chi connectivity index (χ1v) is 11.8. The summed E-state index contributed by atoms with van der Waals surface area (Å²) >= 11 is 0. The Labute approximate surface area is 209 Å². The Kier molecular flexibility index (Phi) is 6.57. The highest BCUT2D eigenvalue weighted by Gasteiger charge is 2.24. The largest absolute Gasteiger partial charge is 0.497 e. The molecule has 0 amide bonds. The van der Waals surface area contributed by atoms with Gasteiger partial charge in [0.05, 0.1) is 37.8 Å². The summed E-state index contributed by atoms with van der Waals surface area (Å²) in [4.78, 5) is 15.7. The van der Waals surface area contributed by atoms with Crippen LogP contribution in [0.4, 0.5) is 0 Å². The van der Waals surface area contributed by atoms with Crippen LogP contribution in [0.1, 0.15) is 16.9 Å². The molecule has 0 radical (unpaired) electrons. The SMILES string of the molecule is COc1ccc(-c2c(C)oc3c4c(ccc3c2=O)OCN(CCc2ccc(OC)c(OC)c2)C4)cc1. The Hall–Kier alpha value is -3.97. The number of nitrogens with zero attached hydrogens (tertiary/aromatic N) is 1. The van der Waals surface area contributed by atoms with Crippen molar-refractivity contribution in [2.45, 2.75) is 19.9 Å². The van der Waals surface area contributed by atoms with Crippen molar-refractivity contribution in [1.82, 2.24) is 4.90 Å². The third-order valence-electron chi connectivity index (χ3n) is 6.62. The quantitative estimate of drug-likeness (QED) is 0.355. The van der Waals surface area contributed by atoms with Gasteiger partial charge in [0, 0.05) is 13.1 Å². The van der Waals surface area contributed by atoms with Crippen LogP contribution in [0.2, 0.25) is 0 Å². The molecular weight excluding hydrogens is 458 g/mol. The topological polar surface area (TPSA) is 70.4 Å². The van der Waals surface area contributed by atoms with Crippen LogP contribution in [0.5, 0.6) is 23.0 Å². The van der Waals surface area contributed by atoms with Gasteiger partial charge in [-0.1, -0.05) is 18.2 Å². The van der Waals surface area contributed by atoms with Gasteiger partial charge in [-0.3, -0.25) is 9.69 Å². The fourth-order valence-electron chi connectivity index (χ4n) is 4.68. The van der Waals surface area contributed by atoms with Crippen LogP contribution < -0.4 is 24.4 Å². The van der Waals surface area contributed by atoms with Crippen molar-refractivity contribution in [2.75, 3.05) is 34.6 Å². The molecule has 0 atom stereocenters. The zero-order chi connectivity index (χ0) is 25.2. The third-order valence-corrected chi connectivity index (χ3v) is 6.62. The predicted molar refractivity (Wildman–Crippen MR) is 138 cm³/mol. The average Bonchev–Trinajstić information content (AvgIpc) is 2.92. The lowest BCUT2D eigenvalue weighted by atomic mass is 10.0. The van der Waals surface area contributed by atoms with E-state index in [2.05, 4.69) is 4.90 Å². The van der Waals surface area contributed by atoms with Gasteiger partial charge < -0.3 is 23.4 Å². The van der Waals surface area contributed by atoms with E-state index in [0.717, 1.165) is 41.2 Å². The molecule has 0 saturated heterocycles. The van der Waals surface area contributed by atoms with E-state index < -0.39 is 0 Å². The molecule has 36 heavy (non-hydrogen) atoms. The highest BCUT2D eigenvalue weighted by atomic mass is 16.5. The van der Waals surface area contributed by atoms with Crippen molar-refractivity contribution >= 4 is 11.0 Å². The van der Waals surface area contributed by atoms with Crippen molar-refractivity contribution in [3.8, 4) is 34.1 Å². The highest BCUT2D eigenvalue weighted by molar-refractivity contribution is 5.86. The molecule has 0 saturated carbocycles. The molecule has 0 N–H and O–H groups in total. The van der Waals surface area contributed by atoms with Gasteiger partial charge in [0.1, 0.15) is 29.6 Å². The molecule has 7 nitrogen and oxygen atoms in total. The van der Waals surface area contributed by atoms with Crippen LogP contribution in [-0.4, -0.2) is 39.5 Å². The number of hydrogen-bond donors (Lipinski definition) is 0. The van der Waals surface area contributed by atoms with Crippen LogP contribution >= 0.6 is 0 Å². The zero-order valence-corrected chi connectivity index (χ0v) is 20.9. The number of hydrogen-bond acceptors (Lipinski definition) is 7. The fourth-order valence-corrected chi connectivity index (χ4v) is 4.68. The molecule has 5 rings (SSSR count). The molecule has 0 unspecified atom stereocenters. The second-order valence-corrected chi connectivity index (χ2v) is 8.78. The van der Waals surface area contributed by atoms with E-state index in [4.69, 9.17) is 23.4 Å². The van der Waals surface area contributed by atoms with Gasteiger partial charge in [-0.2, -0.15) is 0 Å². The first kappa shape index (κ1) is 23.8. The van der Waals surface area contributed by atoms with Gasteiger partial charge in [-0.05, 0) is 60.9 Å². The molecular formula is C29H29NO6. The minimum absolute atomic E-state index is 0.0517. The smallest absolute Gasteiger partial charge is 0.200 e. The Morgan fingerprint density at radius 2 is 1.69 bits per heavy atom. The van der Waals surface area contributed by atoms with Gasteiger partial charge in [-0.15, -0.1) is 0 Å². The summed E-state index contributed by atoms with van der Waals surface area (Å²) in [5, 5.41) is 0.551. The first-order valence-electron chi connectivity index (χ1n) is 11.8. The maximum Gasteiger partial charge on any atom is 0.200 e. The average molecular weight is 488 g/mol. The van der Waals surface area contributed by atoms with Gasteiger partial charge in [0.25, 0.3) is 0 Å². The highest BCUT2D eigenvalue weighted by Crippen LogP contribution is 2.34. The van der Waals surface area contributed by atoms with Crippen LogP contribution in [-0.2, 0) is 13.0 Å². The van der Waals surface area contributed by atoms with Crippen molar-refractivity contribution in [3.05, 3.63) is 81.7 Å². The fraction of sp³-hybridized carbons (Fsp3) is 0.276. The van der Waals surface area contributed by atoms with Crippen LogP contribution in [0, 0.1) is 6.92 Å². The van der Waals surface area contributed by atoms with Gasteiger partial charge >= 0.3 is 0 Å². The number of benzene rings is 3. The lowest BCUT2D eigenvalue weighted by molar-refractivity contribution is 0.0968. The number of aryl methyl sites for hydroxylation is 1. The molecule has 0 aliphatic carbocycles. The van der Waals surface area contributed by atoms with E-state index >= 15 is 0 Å². The lowest BCUT2D eigenvalue weighted by Crippen LogP contribution is -2.33. The van der Waals surface area contributed by atoms with E-state index in [1.54, 1.807) is 27.4 Å². The first-order chi connectivity index (χ1) is 17.5. The summed E-state index contributed by atoms with van der Waals surface area (Å²) in [6.45, 7) is 3.71. The zero-order valence-electron chi connectivity index (χ0n) is 20.9. The maximum atomic E-state index is 13.5. The van der Waals surface area contributed by atoms with Gasteiger partial charge in [0.2, 0.25) is 5.43 Å². The molecule has 186 valence electrons. The summed E-state index contributed by atoms with van der Waals surface area (Å²) in [5.74, 6) is 3.49. The third kappa shape index (κ3) is 4.38. The summed E-state index contributed by atoms with van der Waals surface area (Å²) in [6, 6.07) is 17.1. The minimum Gasteiger partial charge on any atom is -0.497 e. The van der Waals surface area contributed by atoms with E-state index in [1.807, 2.05) is 55.5 Å². The Morgan fingerprint density at radius 1 is 0.917 bits per heavy atom. The molecule has 4 aromatic rings. The predicted octanol–water partition coefficient (Wildman–Crippen LogP) is 5.19. The second kappa shape index (κ2) is 9.95. The number of ether oxygens (including phenoxy) is 4. The van der Waals surface area contributed by atoms with E-state index in [1.165, 1.54) is 0 Å². The normalized spacial score (nSPS) is 13.2. The maximum absolute atomic E-state index is 13.5. The minimum atomic E-state index is -0.0517. The van der Waals surface area contributed by atoms with Crippen LogP contribution in [0.25, 0.3) is 22.1 Å². The monoisotopic (exact) mass is 487 g/mol. The molecule has 7 heteroatoms. The molecule has 1 aliphatic rings. The number of methoxy groups -OCH3 is 3. The summed E-state index contributed by atoms with van der Waals surface area (Å²) in [6.07, 6.45) is 0.814. The Balaban J connectivity index is 1.42. The molecule has 1 aromatic heterocycles. The van der Waals surface area contributed by atoms with Gasteiger partial charge in [0.15, 0.2) is 11.5 Å². The molecule has 0 fully saturated rings. The number of fused-ring (bicyclic) bond motifs is 3. The second-order valence-electron chi connectivity index (χ2n) is 8.78. The molecule has 0 spiro atoms. The molecule has 1 aliphatic heterocycles. The Morgan fingerprint density at radius 3 is 2.42 bits per heavy atom. The lowest BCUT2D eigenvalue weighted by Gasteiger charge is -2.29. The summed E-state index contributed by atoms with van der Waals surface area (Å²) in [7, 11) is 4.88. The van der Waals surface area contributed by atoms with E-state index in [0.29, 0.717) is 47.1 Å². The summed E-state index contributed by atoms with van der Waals surface area (Å²) < 4.78 is 28.3. The number of rotatable bonds is 7. The van der Waals surface area contributed by atoms with Crippen LogP contribution in [0.15, 0.2) is 63.8 Å². The van der Waals surface area contributed by atoms with Crippen molar-refractivity contribution in [3.63, 3.8) is 0 Å².